The smallest absolute Gasteiger partial charge is 0.324 e. The van der Waals surface area contributed by atoms with E-state index in [9.17, 15) is 14.4 Å². The van der Waals surface area contributed by atoms with Crippen LogP contribution in [0.4, 0.5) is 4.79 Å². The van der Waals surface area contributed by atoms with Crippen molar-refractivity contribution in [3.63, 3.8) is 0 Å². The number of carbonyl (C=O) groups excluding carboxylic acids is 3. The Balaban J connectivity index is 1.48. The molecule has 2 atom stereocenters. The maximum atomic E-state index is 13.7. The Bertz CT molecular complexity index is 1440. The average Bonchev–Trinajstić information content (AvgIpc) is 3.53. The Morgan fingerprint density at radius 2 is 2.03 bits per heavy atom. The second-order valence-electron chi connectivity index (χ2n) is 11.4. The van der Waals surface area contributed by atoms with Crippen LogP contribution >= 0.6 is 0 Å². The highest BCUT2D eigenvalue weighted by Crippen LogP contribution is 2.31. The number of hydrazine groups is 1. The van der Waals surface area contributed by atoms with Crippen LogP contribution in [0, 0.1) is 5.41 Å². The van der Waals surface area contributed by atoms with E-state index in [0.29, 0.717) is 44.0 Å². The molecule has 1 saturated heterocycles. The first-order chi connectivity index (χ1) is 18.7. The number of amides is 3. The highest BCUT2D eigenvalue weighted by Gasteiger charge is 2.36. The van der Waals surface area contributed by atoms with E-state index in [1.807, 2.05) is 25.3 Å². The second-order valence-corrected chi connectivity index (χ2v) is 11.4. The summed E-state index contributed by atoms with van der Waals surface area (Å²) in [7, 11) is 0. The molecule has 12 nitrogen and oxygen atoms in total. The summed E-state index contributed by atoms with van der Waals surface area (Å²) in [5.41, 5.74) is 5.72. The predicted octanol–water partition coefficient (Wildman–Crippen LogP) is 1.96. The molecule has 0 spiro atoms. The molecule has 0 aliphatic carbocycles. The molecule has 206 valence electrons. The lowest BCUT2D eigenvalue weighted by Crippen LogP contribution is -2.61. The summed E-state index contributed by atoms with van der Waals surface area (Å²) < 4.78 is 7.50. The van der Waals surface area contributed by atoms with Crippen molar-refractivity contribution < 1.29 is 19.1 Å². The minimum absolute atomic E-state index is 0.126. The molecule has 5 heterocycles. The number of H-pyrrole nitrogens is 1. The van der Waals surface area contributed by atoms with Gasteiger partial charge in [0.15, 0.2) is 11.6 Å². The zero-order valence-electron chi connectivity index (χ0n) is 22.5. The van der Waals surface area contributed by atoms with Crippen molar-refractivity contribution in [1.29, 1.82) is 0 Å². The number of hydrogen-bond acceptors (Lipinski definition) is 7. The SMILES string of the molecule is CCN1Cn2nc3nc2-c2ccc4[nH]cc(c4c2)CC(C)(C)COC(=O)C2CCCN(N2)C(=O)C(C3)NC1=O. The van der Waals surface area contributed by atoms with Crippen LogP contribution in [0.25, 0.3) is 22.3 Å². The molecule has 3 N–H and O–H groups in total. The van der Waals surface area contributed by atoms with Crippen LogP contribution in [-0.4, -0.2) is 79.3 Å². The lowest BCUT2D eigenvalue weighted by Gasteiger charge is -2.35. The van der Waals surface area contributed by atoms with E-state index < -0.39 is 12.1 Å². The van der Waals surface area contributed by atoms with Gasteiger partial charge in [-0.2, -0.15) is 5.10 Å². The van der Waals surface area contributed by atoms with Crippen LogP contribution in [0.15, 0.2) is 24.4 Å². The van der Waals surface area contributed by atoms with E-state index in [4.69, 9.17) is 14.8 Å². The first-order valence-corrected chi connectivity index (χ1v) is 13.5. The minimum Gasteiger partial charge on any atom is -0.464 e. The number of esters is 1. The summed E-state index contributed by atoms with van der Waals surface area (Å²) in [6.45, 7) is 7.32. The van der Waals surface area contributed by atoms with Gasteiger partial charge in [-0.3, -0.25) is 14.6 Å². The van der Waals surface area contributed by atoms with Crippen molar-refractivity contribution in [2.24, 2.45) is 5.41 Å². The van der Waals surface area contributed by atoms with Crippen LogP contribution < -0.4 is 10.7 Å². The van der Waals surface area contributed by atoms with Crippen LogP contribution in [0.5, 0.6) is 0 Å². The van der Waals surface area contributed by atoms with Crippen LogP contribution in [0.3, 0.4) is 0 Å². The molecule has 8 bridgehead atoms. The Morgan fingerprint density at radius 1 is 1.18 bits per heavy atom. The summed E-state index contributed by atoms with van der Waals surface area (Å²) in [6.07, 6.45) is 4.02. The Morgan fingerprint density at radius 3 is 2.85 bits per heavy atom. The number of aromatic amines is 1. The summed E-state index contributed by atoms with van der Waals surface area (Å²) >= 11 is 0. The summed E-state index contributed by atoms with van der Waals surface area (Å²) in [5, 5.41) is 10.1. The normalized spacial score (nSPS) is 23.7. The number of cyclic esters (lactones) is 1. The lowest BCUT2D eigenvalue weighted by molar-refractivity contribution is -0.155. The van der Waals surface area contributed by atoms with Gasteiger partial charge in [-0.25, -0.2) is 19.9 Å². The first-order valence-electron chi connectivity index (χ1n) is 13.5. The zero-order valence-corrected chi connectivity index (χ0v) is 22.5. The monoisotopic (exact) mass is 534 g/mol. The van der Waals surface area contributed by atoms with Gasteiger partial charge in [0.1, 0.15) is 18.8 Å². The molecule has 1 fully saturated rings. The fraction of sp³-hybridized carbons (Fsp3) is 0.519. The number of fused-ring (bicyclic) bond motifs is 8. The third kappa shape index (κ3) is 4.84. The molecule has 2 unspecified atom stereocenters. The van der Waals surface area contributed by atoms with Gasteiger partial charge in [0.05, 0.1) is 6.61 Å². The molecule has 3 aliphatic heterocycles. The third-order valence-electron chi connectivity index (χ3n) is 7.71. The van der Waals surface area contributed by atoms with Gasteiger partial charge in [-0.05, 0) is 49.9 Å². The highest BCUT2D eigenvalue weighted by molar-refractivity contribution is 5.89. The largest absolute Gasteiger partial charge is 0.464 e. The maximum absolute atomic E-state index is 13.7. The van der Waals surface area contributed by atoms with Gasteiger partial charge >= 0.3 is 12.0 Å². The van der Waals surface area contributed by atoms with E-state index in [0.717, 1.165) is 22.0 Å². The number of carbonyl (C=O) groups is 3. The molecule has 0 radical (unpaired) electrons. The van der Waals surface area contributed by atoms with Gasteiger partial charge in [-0.1, -0.05) is 13.8 Å². The van der Waals surface area contributed by atoms with Gasteiger partial charge < -0.3 is 19.9 Å². The van der Waals surface area contributed by atoms with E-state index in [2.05, 4.69) is 35.6 Å². The number of urea groups is 1. The van der Waals surface area contributed by atoms with Gasteiger partial charge in [0.2, 0.25) is 0 Å². The molecule has 12 heteroatoms. The van der Waals surface area contributed by atoms with Crippen LogP contribution in [0.1, 0.15) is 45.0 Å². The zero-order chi connectivity index (χ0) is 27.3. The number of hydrogen-bond donors (Lipinski definition) is 3. The number of aromatic nitrogens is 4. The van der Waals surface area contributed by atoms with Crippen LogP contribution in [-0.2, 0) is 33.8 Å². The quantitative estimate of drug-likeness (QED) is 0.406. The van der Waals surface area contributed by atoms with Crippen molar-refractivity contribution in [3.8, 4) is 11.4 Å². The molecular formula is C27H34N8O4. The van der Waals surface area contributed by atoms with Gasteiger partial charge in [-0.15, -0.1) is 0 Å². The Hall–Kier alpha value is -3.93. The van der Waals surface area contributed by atoms with E-state index in [1.165, 1.54) is 5.01 Å². The molecule has 1 aromatic carbocycles. The first kappa shape index (κ1) is 25.4. The standard InChI is InChI=1S/C27H34N8O4/c1-4-33-15-35-23-16-7-8-19-18(10-16)17(13-28-19)12-27(2,3)14-39-25(37)20-6-5-9-34(31-20)24(36)21(29-26(33)38)11-22(30-23)32-35/h7-8,10,13,20-21,28,31H,4-6,9,11-12,14-15H2,1-3H3,(H,29,38). The molecule has 0 saturated carbocycles. The fourth-order valence-electron chi connectivity index (χ4n) is 5.58. The van der Waals surface area contributed by atoms with Crippen molar-refractivity contribution in [2.45, 2.75) is 65.2 Å². The average molecular weight is 535 g/mol. The number of nitrogens with one attached hydrogen (secondary N) is 3. The lowest BCUT2D eigenvalue weighted by atomic mass is 9.86. The predicted molar refractivity (Wildman–Crippen MR) is 142 cm³/mol. The highest BCUT2D eigenvalue weighted by atomic mass is 16.5. The van der Waals surface area contributed by atoms with Gasteiger partial charge in [0.25, 0.3) is 5.91 Å². The Labute approximate surface area is 226 Å². The molecule has 3 amide bonds. The minimum atomic E-state index is -0.896. The second kappa shape index (κ2) is 9.67. The van der Waals surface area contributed by atoms with Crippen molar-refractivity contribution in [2.75, 3.05) is 19.7 Å². The fourth-order valence-corrected chi connectivity index (χ4v) is 5.58. The summed E-state index contributed by atoms with van der Waals surface area (Å²) in [4.78, 5) is 49.7. The molecular weight excluding hydrogens is 500 g/mol. The molecule has 2 aromatic heterocycles. The summed E-state index contributed by atoms with van der Waals surface area (Å²) in [5.74, 6) is 0.384. The van der Waals surface area contributed by atoms with Crippen LogP contribution in [0.2, 0.25) is 0 Å². The van der Waals surface area contributed by atoms with Crippen molar-refractivity contribution in [1.82, 2.24) is 40.4 Å². The van der Waals surface area contributed by atoms with Crippen molar-refractivity contribution >= 4 is 28.8 Å². The summed E-state index contributed by atoms with van der Waals surface area (Å²) in [6, 6.07) is 4.19. The number of nitrogens with zero attached hydrogens (tertiary/aromatic N) is 5. The van der Waals surface area contributed by atoms with E-state index >= 15 is 0 Å². The molecule has 6 rings (SSSR count). The molecule has 3 aromatic rings. The Kier molecular flexibility index (Phi) is 6.29. The number of benzene rings is 1. The van der Waals surface area contributed by atoms with Crippen molar-refractivity contribution in [3.05, 3.63) is 35.8 Å². The third-order valence-corrected chi connectivity index (χ3v) is 7.71. The number of ether oxygens (including phenoxy) is 1. The topological polar surface area (TPSA) is 137 Å². The number of rotatable bonds is 1. The molecule has 3 aliphatic rings. The van der Waals surface area contributed by atoms with Gasteiger partial charge in [0, 0.05) is 47.6 Å². The van der Waals surface area contributed by atoms with E-state index in [-0.39, 0.29) is 43.0 Å². The molecule has 39 heavy (non-hydrogen) atoms. The van der Waals surface area contributed by atoms with E-state index in [1.54, 1.807) is 9.58 Å². The maximum Gasteiger partial charge on any atom is 0.324 e.